The van der Waals surface area contributed by atoms with Crippen molar-refractivity contribution in [2.24, 2.45) is 5.73 Å². The number of rotatable bonds is 6. The Morgan fingerprint density at radius 3 is 2.89 bits per heavy atom. The van der Waals surface area contributed by atoms with Crippen LogP contribution >= 0.6 is 11.6 Å². The number of anilines is 1. The van der Waals surface area contributed by atoms with Crippen LogP contribution in [0.1, 0.15) is 20.3 Å². The van der Waals surface area contributed by atoms with E-state index in [9.17, 15) is 9.90 Å². The molecule has 6 nitrogen and oxygen atoms in total. The molecule has 2 atom stereocenters. The first kappa shape index (κ1) is 14.9. The summed E-state index contributed by atoms with van der Waals surface area (Å²) in [6.07, 6.45) is 1.67. The van der Waals surface area contributed by atoms with Gasteiger partial charge in [-0.1, -0.05) is 18.5 Å². The number of hydrogen-bond donors (Lipinski definition) is 3. The molecule has 0 aliphatic rings. The Morgan fingerprint density at radius 1 is 1.67 bits per heavy atom. The fraction of sp³-hybridized carbons (Fsp3) is 0.636. The van der Waals surface area contributed by atoms with Gasteiger partial charge in [0.1, 0.15) is 5.02 Å². The van der Waals surface area contributed by atoms with Crippen molar-refractivity contribution < 1.29 is 5.11 Å². The lowest BCUT2D eigenvalue weighted by molar-refractivity contribution is 0.168. The number of nitrogens with one attached hydrogen (secondary N) is 1. The molecular weight excluding hydrogens is 256 g/mol. The smallest absolute Gasteiger partial charge is 0.287 e. The van der Waals surface area contributed by atoms with E-state index in [1.165, 1.54) is 10.9 Å². The molecule has 7 heteroatoms. The number of halogens is 1. The minimum absolute atomic E-state index is 0.0937. The molecule has 2 unspecified atom stereocenters. The third kappa shape index (κ3) is 3.69. The summed E-state index contributed by atoms with van der Waals surface area (Å²) in [6.45, 7) is 4.41. The zero-order chi connectivity index (χ0) is 13.7. The maximum Gasteiger partial charge on any atom is 0.287 e. The highest BCUT2D eigenvalue weighted by atomic mass is 35.5. The molecule has 1 aromatic heterocycles. The Labute approximate surface area is 111 Å². The van der Waals surface area contributed by atoms with Crippen molar-refractivity contribution in [1.29, 1.82) is 0 Å². The second kappa shape index (κ2) is 6.72. The number of aliphatic hydroxyl groups is 1. The van der Waals surface area contributed by atoms with Crippen molar-refractivity contribution in [3.05, 3.63) is 21.6 Å². The van der Waals surface area contributed by atoms with Gasteiger partial charge >= 0.3 is 0 Å². The van der Waals surface area contributed by atoms with E-state index < -0.39 is 12.1 Å². The van der Waals surface area contributed by atoms with E-state index in [1.807, 2.05) is 6.92 Å². The Bertz CT molecular complexity index is 447. The summed E-state index contributed by atoms with van der Waals surface area (Å²) < 4.78 is 1.32. The maximum atomic E-state index is 11.8. The molecule has 0 fully saturated rings. The molecule has 0 saturated heterocycles. The van der Waals surface area contributed by atoms with E-state index in [0.29, 0.717) is 18.8 Å². The molecular formula is C11H19ClN4O2. The molecule has 0 amide bonds. The molecule has 1 aromatic rings. The summed E-state index contributed by atoms with van der Waals surface area (Å²) in [5, 5.41) is 16.3. The number of nitrogens with zero attached hydrogens (tertiary/aromatic N) is 2. The van der Waals surface area contributed by atoms with Crippen molar-refractivity contribution >= 4 is 17.3 Å². The molecule has 18 heavy (non-hydrogen) atoms. The van der Waals surface area contributed by atoms with Gasteiger partial charge in [-0.15, -0.1) is 0 Å². The van der Waals surface area contributed by atoms with Crippen LogP contribution in [-0.4, -0.2) is 33.6 Å². The van der Waals surface area contributed by atoms with Gasteiger partial charge in [0.05, 0.1) is 18.0 Å². The fourth-order valence-electron chi connectivity index (χ4n) is 1.36. The lowest BCUT2D eigenvalue weighted by Gasteiger charge is -2.16. The van der Waals surface area contributed by atoms with Gasteiger partial charge in [0, 0.05) is 19.1 Å². The summed E-state index contributed by atoms with van der Waals surface area (Å²) in [5.41, 5.74) is 5.78. The molecule has 0 radical (unpaired) electrons. The van der Waals surface area contributed by atoms with Crippen molar-refractivity contribution in [3.63, 3.8) is 0 Å². The Morgan fingerprint density at radius 2 is 2.33 bits per heavy atom. The van der Waals surface area contributed by atoms with E-state index in [1.54, 1.807) is 6.92 Å². The van der Waals surface area contributed by atoms with Crippen molar-refractivity contribution in [1.82, 2.24) is 9.78 Å². The maximum absolute atomic E-state index is 11.8. The molecule has 0 aliphatic heterocycles. The summed E-state index contributed by atoms with van der Waals surface area (Å²) in [7, 11) is 0. The third-order valence-electron chi connectivity index (χ3n) is 2.57. The Balaban J connectivity index is 2.79. The van der Waals surface area contributed by atoms with Crippen LogP contribution in [0, 0.1) is 0 Å². The van der Waals surface area contributed by atoms with Crippen LogP contribution in [0.4, 0.5) is 5.69 Å². The quantitative estimate of drug-likeness (QED) is 0.699. The highest BCUT2D eigenvalue weighted by Gasteiger charge is 2.12. The largest absolute Gasteiger partial charge is 0.392 e. The number of nitrogens with two attached hydrogens (primary N) is 1. The van der Waals surface area contributed by atoms with Crippen LogP contribution in [0.15, 0.2) is 11.0 Å². The predicted octanol–water partition coefficient (Wildman–Crippen LogP) is 0.427. The highest BCUT2D eigenvalue weighted by molar-refractivity contribution is 6.32. The van der Waals surface area contributed by atoms with Crippen LogP contribution in [-0.2, 0) is 6.54 Å². The second-order valence-electron chi connectivity index (χ2n) is 4.19. The summed E-state index contributed by atoms with van der Waals surface area (Å²) in [6, 6.07) is -0.431. The number of aliphatic hydroxyl groups excluding tert-OH is 1. The van der Waals surface area contributed by atoms with Crippen LogP contribution in [0.2, 0.25) is 5.02 Å². The minimum atomic E-state index is -0.635. The van der Waals surface area contributed by atoms with Crippen LogP contribution in [0.25, 0.3) is 0 Å². The van der Waals surface area contributed by atoms with E-state index >= 15 is 0 Å². The van der Waals surface area contributed by atoms with Crippen LogP contribution in [0.3, 0.4) is 0 Å². The summed E-state index contributed by atoms with van der Waals surface area (Å²) >= 11 is 5.96. The molecule has 4 N–H and O–H groups in total. The minimum Gasteiger partial charge on any atom is -0.392 e. The van der Waals surface area contributed by atoms with Gasteiger partial charge in [-0.25, -0.2) is 4.68 Å². The lowest BCUT2D eigenvalue weighted by atomic mass is 10.2. The first-order valence-corrected chi connectivity index (χ1v) is 6.28. The Hall–Kier alpha value is -1.11. The molecule has 0 saturated carbocycles. The van der Waals surface area contributed by atoms with Crippen LogP contribution < -0.4 is 16.6 Å². The highest BCUT2D eigenvalue weighted by Crippen LogP contribution is 2.15. The van der Waals surface area contributed by atoms with Gasteiger partial charge in [0.15, 0.2) is 0 Å². The van der Waals surface area contributed by atoms with Gasteiger partial charge in [-0.2, -0.15) is 5.10 Å². The SMILES string of the molecule is CCCn1ncc(NCC(N)C(C)O)c(Cl)c1=O. The fourth-order valence-corrected chi connectivity index (χ4v) is 1.57. The number of hydrogen-bond acceptors (Lipinski definition) is 5. The van der Waals surface area contributed by atoms with Gasteiger partial charge in [-0.3, -0.25) is 4.79 Å². The average Bonchev–Trinajstić information content (AvgIpc) is 2.33. The number of aromatic nitrogens is 2. The van der Waals surface area contributed by atoms with Crippen molar-refractivity contribution in [3.8, 4) is 0 Å². The van der Waals surface area contributed by atoms with Crippen molar-refractivity contribution in [2.75, 3.05) is 11.9 Å². The topological polar surface area (TPSA) is 93.2 Å². The van der Waals surface area contributed by atoms with E-state index in [4.69, 9.17) is 17.3 Å². The lowest BCUT2D eigenvalue weighted by Crippen LogP contribution is -2.39. The number of aryl methyl sites for hydroxylation is 1. The summed E-state index contributed by atoms with van der Waals surface area (Å²) in [5.74, 6) is 0. The third-order valence-corrected chi connectivity index (χ3v) is 2.93. The summed E-state index contributed by atoms with van der Waals surface area (Å²) in [4.78, 5) is 11.8. The first-order valence-electron chi connectivity index (χ1n) is 5.90. The van der Waals surface area contributed by atoms with Crippen LogP contribution in [0.5, 0.6) is 0 Å². The standard InChI is InChI=1S/C11H19ClN4O2/c1-3-4-16-11(18)10(12)9(6-15-16)14-5-8(13)7(2)17/h6-8,14,17H,3-5,13H2,1-2H3. The molecule has 0 aliphatic carbocycles. The van der Waals surface area contributed by atoms with Crippen molar-refractivity contribution in [2.45, 2.75) is 39.0 Å². The molecule has 102 valence electrons. The average molecular weight is 275 g/mol. The normalized spacial score (nSPS) is 14.3. The molecule has 1 rings (SSSR count). The van der Waals surface area contributed by atoms with E-state index in [-0.39, 0.29) is 10.6 Å². The first-order chi connectivity index (χ1) is 8.47. The molecule has 0 bridgehead atoms. The molecule has 1 heterocycles. The molecule has 0 aromatic carbocycles. The van der Waals surface area contributed by atoms with Gasteiger partial charge in [0.25, 0.3) is 5.56 Å². The zero-order valence-corrected chi connectivity index (χ0v) is 11.3. The monoisotopic (exact) mass is 274 g/mol. The zero-order valence-electron chi connectivity index (χ0n) is 10.6. The van der Waals surface area contributed by atoms with E-state index in [2.05, 4.69) is 10.4 Å². The van der Waals surface area contributed by atoms with Gasteiger partial charge < -0.3 is 16.2 Å². The van der Waals surface area contributed by atoms with E-state index in [0.717, 1.165) is 6.42 Å². The van der Waals surface area contributed by atoms with Gasteiger partial charge in [-0.05, 0) is 13.3 Å². The predicted molar refractivity (Wildman–Crippen MR) is 71.9 cm³/mol. The van der Waals surface area contributed by atoms with Gasteiger partial charge in [0.2, 0.25) is 0 Å². The molecule has 0 spiro atoms. The second-order valence-corrected chi connectivity index (χ2v) is 4.56. The Kier molecular flexibility index (Phi) is 5.58.